The van der Waals surface area contributed by atoms with Crippen molar-refractivity contribution in [2.24, 2.45) is 0 Å². The van der Waals surface area contributed by atoms with E-state index in [1.807, 2.05) is 0 Å². The number of rotatable bonds is 6. The number of nitriles is 1. The molecule has 0 aromatic carbocycles. The van der Waals surface area contributed by atoms with Crippen molar-refractivity contribution in [3.05, 3.63) is 0 Å². The highest BCUT2D eigenvalue weighted by Crippen LogP contribution is 2.07. The van der Waals surface area contributed by atoms with Gasteiger partial charge in [0, 0.05) is 19.5 Å². The zero-order valence-corrected chi connectivity index (χ0v) is 9.39. The molecule has 1 rings (SSSR count). The Morgan fingerprint density at radius 2 is 2.31 bits per heavy atom. The van der Waals surface area contributed by atoms with Gasteiger partial charge in [0.05, 0.1) is 12.7 Å². The second-order valence-electron chi connectivity index (χ2n) is 3.99. The van der Waals surface area contributed by atoms with Gasteiger partial charge in [-0.25, -0.2) is 0 Å². The van der Waals surface area contributed by atoms with Gasteiger partial charge in [0.1, 0.15) is 0 Å². The van der Waals surface area contributed by atoms with Gasteiger partial charge < -0.3 is 9.84 Å². The smallest absolute Gasteiger partial charge is 0.303 e. The molecule has 5 nitrogen and oxygen atoms in total. The van der Waals surface area contributed by atoms with E-state index in [1.165, 1.54) is 0 Å². The number of hydrogen-bond acceptors (Lipinski definition) is 4. The lowest BCUT2D eigenvalue weighted by Gasteiger charge is -2.29. The van der Waals surface area contributed by atoms with E-state index < -0.39 is 5.97 Å². The standard InChI is InChI=1S/C11H18N2O3/c12-8-10-9-13(6-7-16-10)5-3-1-2-4-11(14)15/h10H,1-7,9H2,(H,14,15). The number of hydrogen-bond donors (Lipinski definition) is 1. The van der Waals surface area contributed by atoms with Crippen LogP contribution in [0.3, 0.4) is 0 Å². The number of carboxylic acid groups (broad SMARTS) is 1. The maximum atomic E-state index is 10.3. The van der Waals surface area contributed by atoms with Crippen LogP contribution in [-0.2, 0) is 9.53 Å². The highest BCUT2D eigenvalue weighted by atomic mass is 16.5. The minimum absolute atomic E-state index is 0.254. The third-order valence-corrected chi connectivity index (χ3v) is 2.66. The van der Waals surface area contributed by atoms with E-state index in [2.05, 4.69) is 11.0 Å². The van der Waals surface area contributed by atoms with Crippen molar-refractivity contribution in [3.63, 3.8) is 0 Å². The van der Waals surface area contributed by atoms with E-state index >= 15 is 0 Å². The van der Waals surface area contributed by atoms with E-state index in [-0.39, 0.29) is 12.5 Å². The number of unbranched alkanes of at least 4 members (excludes halogenated alkanes) is 2. The van der Waals surface area contributed by atoms with E-state index in [0.717, 1.165) is 32.4 Å². The highest BCUT2D eigenvalue weighted by Gasteiger charge is 2.18. The average Bonchev–Trinajstić information content (AvgIpc) is 2.28. The van der Waals surface area contributed by atoms with Crippen molar-refractivity contribution in [2.75, 3.05) is 26.2 Å². The molecule has 0 spiro atoms. The van der Waals surface area contributed by atoms with Crippen molar-refractivity contribution >= 4 is 5.97 Å². The van der Waals surface area contributed by atoms with Gasteiger partial charge in [0.15, 0.2) is 6.10 Å². The topological polar surface area (TPSA) is 73.6 Å². The third-order valence-electron chi connectivity index (χ3n) is 2.66. The Balaban J connectivity index is 2.04. The molecule has 1 atom stereocenters. The largest absolute Gasteiger partial charge is 0.481 e. The molecular formula is C11H18N2O3. The van der Waals surface area contributed by atoms with Gasteiger partial charge in [0.2, 0.25) is 0 Å². The zero-order chi connectivity index (χ0) is 11.8. The first-order chi connectivity index (χ1) is 7.72. The third kappa shape index (κ3) is 5.10. The summed E-state index contributed by atoms with van der Waals surface area (Å²) in [5.41, 5.74) is 0. The first kappa shape index (κ1) is 12.9. The summed E-state index contributed by atoms with van der Waals surface area (Å²) in [5.74, 6) is -0.726. The normalized spacial score (nSPS) is 21.6. The minimum atomic E-state index is -0.726. The summed E-state index contributed by atoms with van der Waals surface area (Å²) >= 11 is 0. The summed E-state index contributed by atoms with van der Waals surface area (Å²) in [5, 5.41) is 17.2. The van der Waals surface area contributed by atoms with Crippen molar-refractivity contribution in [1.29, 1.82) is 5.26 Å². The van der Waals surface area contributed by atoms with Crippen molar-refractivity contribution in [3.8, 4) is 6.07 Å². The van der Waals surface area contributed by atoms with E-state index in [9.17, 15) is 4.79 Å². The van der Waals surface area contributed by atoms with Crippen LogP contribution in [0, 0.1) is 11.3 Å². The van der Waals surface area contributed by atoms with Gasteiger partial charge in [-0.15, -0.1) is 0 Å². The minimum Gasteiger partial charge on any atom is -0.481 e. The number of carbonyl (C=O) groups is 1. The Morgan fingerprint density at radius 1 is 1.50 bits per heavy atom. The first-order valence-electron chi connectivity index (χ1n) is 5.67. The molecule has 1 N–H and O–H groups in total. The predicted molar refractivity (Wildman–Crippen MR) is 57.9 cm³/mol. The Morgan fingerprint density at radius 3 is 3.00 bits per heavy atom. The molecule has 0 bridgehead atoms. The fourth-order valence-electron chi connectivity index (χ4n) is 1.77. The van der Waals surface area contributed by atoms with Crippen LogP contribution in [0.5, 0.6) is 0 Å². The molecule has 1 unspecified atom stereocenters. The van der Waals surface area contributed by atoms with Gasteiger partial charge in [-0.1, -0.05) is 6.42 Å². The molecule has 0 aromatic rings. The van der Waals surface area contributed by atoms with Crippen LogP contribution < -0.4 is 0 Å². The molecule has 0 radical (unpaired) electrons. The molecule has 5 heteroatoms. The maximum absolute atomic E-state index is 10.3. The van der Waals surface area contributed by atoms with Crippen LogP contribution in [0.4, 0.5) is 0 Å². The van der Waals surface area contributed by atoms with E-state index in [1.54, 1.807) is 0 Å². The maximum Gasteiger partial charge on any atom is 0.303 e. The molecule has 1 aliphatic heterocycles. The average molecular weight is 226 g/mol. The van der Waals surface area contributed by atoms with Gasteiger partial charge in [-0.2, -0.15) is 5.26 Å². The lowest BCUT2D eigenvalue weighted by molar-refractivity contribution is -0.137. The molecule has 16 heavy (non-hydrogen) atoms. The molecule has 0 amide bonds. The van der Waals surface area contributed by atoms with Gasteiger partial charge in [0.25, 0.3) is 0 Å². The molecule has 1 fully saturated rings. The lowest BCUT2D eigenvalue weighted by atomic mass is 10.2. The van der Waals surface area contributed by atoms with Gasteiger partial charge >= 0.3 is 5.97 Å². The number of morpholine rings is 1. The number of aliphatic carboxylic acids is 1. The fourth-order valence-corrected chi connectivity index (χ4v) is 1.77. The number of carboxylic acids is 1. The lowest BCUT2D eigenvalue weighted by Crippen LogP contribution is -2.42. The summed E-state index contributed by atoms with van der Waals surface area (Å²) in [6.45, 7) is 3.10. The second-order valence-corrected chi connectivity index (χ2v) is 3.99. The molecule has 1 saturated heterocycles. The quantitative estimate of drug-likeness (QED) is 0.680. The summed E-state index contributed by atoms with van der Waals surface area (Å²) in [6, 6.07) is 2.11. The Bertz CT molecular complexity index is 262. The molecule has 90 valence electrons. The zero-order valence-electron chi connectivity index (χ0n) is 9.39. The summed E-state index contributed by atoms with van der Waals surface area (Å²) in [4.78, 5) is 12.5. The van der Waals surface area contributed by atoms with Crippen LogP contribution >= 0.6 is 0 Å². The number of nitrogens with zero attached hydrogens (tertiary/aromatic N) is 2. The van der Waals surface area contributed by atoms with Gasteiger partial charge in [-0.05, 0) is 19.4 Å². The van der Waals surface area contributed by atoms with Crippen molar-refractivity contribution in [1.82, 2.24) is 4.90 Å². The van der Waals surface area contributed by atoms with Crippen molar-refractivity contribution < 1.29 is 14.6 Å². The first-order valence-corrected chi connectivity index (χ1v) is 5.67. The van der Waals surface area contributed by atoms with Crippen LogP contribution in [-0.4, -0.2) is 48.3 Å². The highest BCUT2D eigenvalue weighted by molar-refractivity contribution is 5.66. The monoisotopic (exact) mass is 226 g/mol. The van der Waals surface area contributed by atoms with E-state index in [4.69, 9.17) is 15.1 Å². The Kier molecular flexibility index (Phi) is 5.83. The van der Waals surface area contributed by atoms with E-state index in [0.29, 0.717) is 13.2 Å². The van der Waals surface area contributed by atoms with Crippen LogP contribution in [0.25, 0.3) is 0 Å². The molecule has 0 aromatic heterocycles. The van der Waals surface area contributed by atoms with Crippen LogP contribution in [0.15, 0.2) is 0 Å². The van der Waals surface area contributed by atoms with Crippen molar-refractivity contribution in [2.45, 2.75) is 31.8 Å². The summed E-state index contributed by atoms with van der Waals surface area (Å²) < 4.78 is 5.24. The fraction of sp³-hybridized carbons (Fsp3) is 0.818. The summed E-state index contributed by atoms with van der Waals surface area (Å²) in [7, 11) is 0. The Hall–Kier alpha value is -1.12. The molecule has 0 aliphatic carbocycles. The summed E-state index contributed by atoms with van der Waals surface area (Å²) in [6.07, 6.45) is 2.62. The SMILES string of the molecule is N#CC1CN(CCCCCC(=O)O)CCO1. The molecule has 1 aliphatic rings. The molecular weight excluding hydrogens is 208 g/mol. The van der Waals surface area contributed by atoms with Gasteiger partial charge in [-0.3, -0.25) is 9.69 Å². The second kappa shape index (κ2) is 7.20. The predicted octanol–water partition coefficient (Wildman–Crippen LogP) is 0.856. The van der Waals surface area contributed by atoms with Crippen LogP contribution in [0.2, 0.25) is 0 Å². The molecule has 0 saturated carbocycles. The molecule has 1 heterocycles. The number of ether oxygens (including phenoxy) is 1. The van der Waals surface area contributed by atoms with Crippen LogP contribution in [0.1, 0.15) is 25.7 Å². The Labute approximate surface area is 95.6 Å².